The normalized spacial score (nSPS) is 15.9. The van der Waals surface area contributed by atoms with Crippen molar-refractivity contribution >= 4 is 40.2 Å². The van der Waals surface area contributed by atoms with E-state index in [4.69, 9.17) is 9.72 Å². The lowest BCUT2D eigenvalue weighted by atomic mass is 9.82. The Morgan fingerprint density at radius 3 is 2.14 bits per heavy atom. The van der Waals surface area contributed by atoms with Crippen LogP contribution in [0.5, 0.6) is 0 Å². The molecule has 0 radical (unpaired) electrons. The fourth-order valence-corrected chi connectivity index (χ4v) is 6.13. The average Bonchev–Trinajstić information content (AvgIpc) is 3.22. The number of ether oxygens (including phenoxy) is 1. The highest BCUT2D eigenvalue weighted by Gasteiger charge is 2.54. The Bertz CT molecular complexity index is 1250. The molecule has 42 heavy (non-hydrogen) atoms. The van der Waals surface area contributed by atoms with Crippen molar-refractivity contribution in [3.63, 3.8) is 0 Å². The molecule has 3 rings (SSSR count). The monoisotopic (exact) mass is 604 g/mol. The highest BCUT2D eigenvalue weighted by Crippen LogP contribution is 2.39. The van der Waals surface area contributed by atoms with E-state index in [1.54, 1.807) is 41.5 Å². The Labute approximate surface area is 251 Å². The van der Waals surface area contributed by atoms with Gasteiger partial charge in [0.05, 0.1) is 18.9 Å². The third-order valence-corrected chi connectivity index (χ3v) is 8.03. The molecule has 1 unspecified atom stereocenters. The van der Waals surface area contributed by atoms with Crippen LogP contribution in [-0.4, -0.2) is 80.7 Å². The van der Waals surface area contributed by atoms with Gasteiger partial charge in [-0.15, -0.1) is 11.3 Å². The highest BCUT2D eigenvalue weighted by atomic mass is 32.1. The van der Waals surface area contributed by atoms with Gasteiger partial charge in [-0.1, -0.05) is 32.9 Å². The van der Waals surface area contributed by atoms with Gasteiger partial charge in [-0.25, -0.2) is 14.6 Å². The van der Waals surface area contributed by atoms with Crippen LogP contribution >= 0.6 is 11.3 Å². The number of amides is 3. The molecule has 1 aliphatic rings. The Morgan fingerprint density at radius 1 is 1.02 bits per heavy atom. The van der Waals surface area contributed by atoms with E-state index in [1.165, 1.54) is 18.3 Å². The molecule has 232 valence electrons. The van der Waals surface area contributed by atoms with Gasteiger partial charge in [0.1, 0.15) is 0 Å². The molecule has 0 spiro atoms. The Balaban J connectivity index is 1.83. The lowest BCUT2D eigenvalue weighted by molar-refractivity contribution is -0.114. The number of morpholine rings is 1. The largest absolute Gasteiger partial charge is 0.465 e. The van der Waals surface area contributed by atoms with Crippen LogP contribution in [-0.2, 0) is 28.9 Å². The van der Waals surface area contributed by atoms with E-state index in [1.807, 2.05) is 24.3 Å². The first-order valence-electron chi connectivity index (χ1n) is 14.0. The number of anilines is 2. The van der Waals surface area contributed by atoms with Crippen molar-refractivity contribution in [3.05, 3.63) is 40.4 Å². The quantitative estimate of drug-likeness (QED) is 0.239. The molecule has 2 aromatic rings. The molecule has 1 aromatic heterocycles. The summed E-state index contributed by atoms with van der Waals surface area (Å²) in [5, 5.41) is 29.1. The second-order valence-electron chi connectivity index (χ2n) is 12.5. The molecular formula is C29H44N6O6S. The number of rotatable bonds is 10. The predicted molar refractivity (Wildman–Crippen MR) is 163 cm³/mol. The summed E-state index contributed by atoms with van der Waals surface area (Å²) in [7, 11) is 0. The van der Waals surface area contributed by atoms with Crippen molar-refractivity contribution in [2.45, 2.75) is 79.2 Å². The maximum absolute atomic E-state index is 12.5. The van der Waals surface area contributed by atoms with Crippen LogP contribution < -0.4 is 16.0 Å². The van der Waals surface area contributed by atoms with E-state index < -0.39 is 28.9 Å². The maximum Gasteiger partial charge on any atom is 0.411 e. The molecule has 5 N–H and O–H groups in total. The summed E-state index contributed by atoms with van der Waals surface area (Å²) >= 11 is 1.50. The van der Waals surface area contributed by atoms with Crippen LogP contribution in [0.1, 0.15) is 64.6 Å². The number of carboxylic acid groups (broad SMARTS) is 2. The summed E-state index contributed by atoms with van der Waals surface area (Å²) in [6, 6.07) is 7.50. The zero-order chi connectivity index (χ0) is 31.3. The molecule has 2 heterocycles. The minimum absolute atomic E-state index is 0.159. The number of hydrogen-bond donors (Lipinski definition) is 5. The van der Waals surface area contributed by atoms with Crippen molar-refractivity contribution in [1.29, 1.82) is 0 Å². The van der Waals surface area contributed by atoms with Gasteiger partial charge >= 0.3 is 12.2 Å². The van der Waals surface area contributed by atoms with E-state index >= 15 is 0 Å². The SMILES string of the molecule is CC(=O)Nc1nc(CCc2ccc(NC(NC(=O)O)(N(C(=O)O)C(C)(C)C)C(C)(C)C)cc2)c(CN2CCOCC2)s1. The van der Waals surface area contributed by atoms with Crippen molar-refractivity contribution in [2.75, 3.05) is 36.9 Å². The van der Waals surface area contributed by atoms with Gasteiger partial charge in [-0.05, 0) is 51.3 Å². The summed E-state index contributed by atoms with van der Waals surface area (Å²) in [6.45, 7) is 15.8. The fourth-order valence-electron chi connectivity index (χ4n) is 5.04. The molecule has 0 aliphatic carbocycles. The van der Waals surface area contributed by atoms with Crippen molar-refractivity contribution < 1.29 is 29.3 Å². The zero-order valence-electron chi connectivity index (χ0n) is 25.5. The van der Waals surface area contributed by atoms with Gasteiger partial charge in [0.2, 0.25) is 11.7 Å². The summed E-state index contributed by atoms with van der Waals surface area (Å²) in [6.07, 6.45) is -1.24. The number of aryl methyl sites for hydroxylation is 2. The van der Waals surface area contributed by atoms with E-state index in [9.17, 15) is 24.6 Å². The second-order valence-corrected chi connectivity index (χ2v) is 13.5. The summed E-state index contributed by atoms with van der Waals surface area (Å²) in [5.41, 5.74) is 0.718. The molecule has 1 atom stereocenters. The van der Waals surface area contributed by atoms with Crippen LogP contribution in [0.25, 0.3) is 0 Å². The molecule has 1 fully saturated rings. The topological polar surface area (TPSA) is 156 Å². The standard InChI is InChI=1S/C29H44N6O6S/c1-19(36)30-24-31-22(23(42-24)18-34-14-16-41-17-15-34)13-10-20-8-11-21(12-9-20)32-29(27(2,3)4,33-25(37)38)35(26(39)40)28(5,6)7/h8-9,11-12,32-33H,10,13-18H2,1-7H3,(H,37,38)(H,39,40)(H,30,31,36). The van der Waals surface area contributed by atoms with Crippen LogP contribution in [0.4, 0.5) is 20.4 Å². The minimum Gasteiger partial charge on any atom is -0.465 e. The Hall–Kier alpha value is -3.42. The lowest BCUT2D eigenvalue weighted by Crippen LogP contribution is -2.76. The van der Waals surface area contributed by atoms with Crippen LogP contribution in [0.3, 0.4) is 0 Å². The molecule has 1 aliphatic heterocycles. The van der Waals surface area contributed by atoms with Gasteiger partial charge in [-0.2, -0.15) is 0 Å². The molecule has 0 saturated carbocycles. The van der Waals surface area contributed by atoms with E-state index in [2.05, 4.69) is 20.9 Å². The van der Waals surface area contributed by atoms with Gasteiger partial charge < -0.3 is 25.6 Å². The van der Waals surface area contributed by atoms with E-state index in [0.29, 0.717) is 36.9 Å². The Morgan fingerprint density at radius 2 is 1.64 bits per heavy atom. The molecular weight excluding hydrogens is 560 g/mol. The van der Waals surface area contributed by atoms with Crippen LogP contribution in [0, 0.1) is 5.41 Å². The van der Waals surface area contributed by atoms with Crippen molar-refractivity contribution in [3.8, 4) is 0 Å². The highest BCUT2D eigenvalue weighted by molar-refractivity contribution is 7.15. The summed E-state index contributed by atoms with van der Waals surface area (Å²) < 4.78 is 5.47. The maximum atomic E-state index is 12.5. The molecule has 12 nitrogen and oxygen atoms in total. The number of benzene rings is 1. The molecule has 1 saturated heterocycles. The number of thiazole rings is 1. The molecule has 3 amide bonds. The fraction of sp³-hybridized carbons (Fsp3) is 0.586. The van der Waals surface area contributed by atoms with Gasteiger partial charge in [0.15, 0.2) is 5.13 Å². The van der Waals surface area contributed by atoms with E-state index in [-0.39, 0.29) is 5.91 Å². The molecule has 13 heteroatoms. The smallest absolute Gasteiger partial charge is 0.411 e. The van der Waals surface area contributed by atoms with Gasteiger partial charge in [0, 0.05) is 48.1 Å². The predicted octanol–water partition coefficient (Wildman–Crippen LogP) is 4.88. The molecule has 1 aromatic carbocycles. The number of carbonyl (C=O) groups excluding carboxylic acids is 1. The third kappa shape index (κ3) is 8.33. The van der Waals surface area contributed by atoms with Crippen LogP contribution in [0.15, 0.2) is 24.3 Å². The summed E-state index contributed by atoms with van der Waals surface area (Å²) in [4.78, 5) is 45.4. The van der Waals surface area contributed by atoms with Gasteiger partial charge in [-0.3, -0.25) is 19.9 Å². The van der Waals surface area contributed by atoms with E-state index in [0.717, 1.165) is 40.7 Å². The van der Waals surface area contributed by atoms with Gasteiger partial charge in [0.25, 0.3) is 0 Å². The zero-order valence-corrected chi connectivity index (χ0v) is 26.4. The first-order chi connectivity index (χ1) is 19.5. The Kier molecular flexibility index (Phi) is 10.4. The van der Waals surface area contributed by atoms with Crippen molar-refractivity contribution in [2.24, 2.45) is 5.41 Å². The van der Waals surface area contributed by atoms with Crippen molar-refractivity contribution in [1.82, 2.24) is 20.1 Å². The summed E-state index contributed by atoms with van der Waals surface area (Å²) in [5.74, 6) is -1.84. The number of carbonyl (C=O) groups is 3. The number of nitrogens with one attached hydrogen (secondary N) is 3. The first kappa shape index (κ1) is 33.1. The third-order valence-electron chi connectivity index (χ3n) is 7.03. The minimum atomic E-state index is -1.68. The van der Waals surface area contributed by atoms with Crippen LogP contribution in [0.2, 0.25) is 0 Å². The number of aromatic nitrogens is 1. The first-order valence-corrected chi connectivity index (χ1v) is 14.8. The number of hydrogen-bond acceptors (Lipinski definition) is 8. The second kappa shape index (κ2) is 13.3. The number of nitrogens with zero attached hydrogens (tertiary/aromatic N) is 3. The molecule has 0 bridgehead atoms. The lowest BCUT2D eigenvalue weighted by Gasteiger charge is -2.55. The average molecular weight is 605 g/mol.